The second-order valence-electron chi connectivity index (χ2n) is 8.95. The van der Waals surface area contributed by atoms with Crippen molar-refractivity contribution in [2.75, 3.05) is 17.4 Å². The number of aryl methyl sites for hydroxylation is 1. The molecule has 0 saturated carbocycles. The third-order valence-electron chi connectivity index (χ3n) is 5.98. The standard InChI is InChI=1S/C24H27ClN4O3S/c1-5-28-15-24(2,3)21-11-10-19(12-20(21)23(28)30)29(13-17-6-8-18(25)9-7-17)33(31,32)22-14-27(4)16-26-22/h6-12,14,16H,5,13,15H2,1-4H3. The number of sulfonamides is 1. The van der Waals surface area contributed by atoms with Crippen molar-refractivity contribution in [2.24, 2.45) is 7.05 Å². The molecule has 174 valence electrons. The molecule has 0 fully saturated rings. The number of carbonyl (C=O) groups is 1. The van der Waals surface area contributed by atoms with Crippen LogP contribution in [-0.4, -0.2) is 41.9 Å². The fourth-order valence-electron chi connectivity index (χ4n) is 4.22. The Labute approximate surface area is 199 Å². The number of fused-ring (bicyclic) bond motifs is 1. The lowest BCUT2D eigenvalue weighted by Gasteiger charge is -2.39. The van der Waals surface area contributed by atoms with Crippen molar-refractivity contribution in [3.05, 3.63) is 76.7 Å². The van der Waals surface area contributed by atoms with Gasteiger partial charge >= 0.3 is 0 Å². The zero-order chi connectivity index (χ0) is 24.0. The van der Waals surface area contributed by atoms with Crippen LogP contribution >= 0.6 is 11.6 Å². The van der Waals surface area contributed by atoms with Crippen molar-refractivity contribution in [1.29, 1.82) is 0 Å². The quantitative estimate of drug-likeness (QED) is 0.522. The average Bonchev–Trinajstić information content (AvgIpc) is 3.22. The van der Waals surface area contributed by atoms with Gasteiger partial charge in [-0.3, -0.25) is 9.10 Å². The molecule has 4 rings (SSSR count). The summed E-state index contributed by atoms with van der Waals surface area (Å²) in [7, 11) is -2.27. The fourth-order valence-corrected chi connectivity index (χ4v) is 5.76. The molecule has 0 spiro atoms. The summed E-state index contributed by atoms with van der Waals surface area (Å²) in [5.41, 5.74) is 2.39. The Kier molecular flexibility index (Phi) is 6.01. The number of nitrogens with zero attached hydrogens (tertiary/aromatic N) is 4. The summed E-state index contributed by atoms with van der Waals surface area (Å²) in [6.45, 7) is 7.42. The summed E-state index contributed by atoms with van der Waals surface area (Å²) in [6, 6.07) is 12.4. The lowest BCUT2D eigenvalue weighted by atomic mass is 9.78. The van der Waals surface area contributed by atoms with Gasteiger partial charge < -0.3 is 9.47 Å². The minimum absolute atomic E-state index is 0.0569. The Hall–Kier alpha value is -2.84. The van der Waals surface area contributed by atoms with E-state index in [-0.39, 0.29) is 22.9 Å². The predicted molar refractivity (Wildman–Crippen MR) is 129 cm³/mol. The van der Waals surface area contributed by atoms with Gasteiger partial charge in [-0.25, -0.2) is 4.98 Å². The fraction of sp³-hybridized carbons (Fsp3) is 0.333. The molecule has 2 heterocycles. The molecule has 0 atom stereocenters. The van der Waals surface area contributed by atoms with Crippen LogP contribution in [0.3, 0.4) is 0 Å². The number of imidazole rings is 1. The Balaban J connectivity index is 1.85. The molecule has 0 saturated heterocycles. The zero-order valence-corrected chi connectivity index (χ0v) is 20.7. The van der Waals surface area contributed by atoms with Gasteiger partial charge in [-0.1, -0.05) is 43.6 Å². The van der Waals surface area contributed by atoms with Crippen LogP contribution in [0.5, 0.6) is 0 Å². The van der Waals surface area contributed by atoms with Gasteiger partial charge in [0.1, 0.15) is 0 Å². The number of anilines is 1. The minimum Gasteiger partial charge on any atom is -0.339 e. The first-order valence-electron chi connectivity index (χ1n) is 10.7. The number of hydrogen-bond acceptors (Lipinski definition) is 4. The second-order valence-corrected chi connectivity index (χ2v) is 11.2. The highest BCUT2D eigenvalue weighted by molar-refractivity contribution is 7.92. The molecule has 1 aliphatic rings. The highest BCUT2D eigenvalue weighted by atomic mass is 35.5. The minimum atomic E-state index is -3.99. The number of likely N-dealkylation sites (N-methyl/N-ethyl adjacent to an activating group) is 1. The zero-order valence-electron chi connectivity index (χ0n) is 19.1. The van der Waals surface area contributed by atoms with Crippen LogP contribution in [0.4, 0.5) is 5.69 Å². The molecule has 1 amide bonds. The molecule has 0 bridgehead atoms. The molecule has 33 heavy (non-hydrogen) atoms. The van der Waals surface area contributed by atoms with Crippen molar-refractivity contribution in [2.45, 2.75) is 37.8 Å². The van der Waals surface area contributed by atoms with Crippen molar-refractivity contribution in [3.8, 4) is 0 Å². The van der Waals surface area contributed by atoms with E-state index in [2.05, 4.69) is 18.8 Å². The first-order valence-corrected chi connectivity index (χ1v) is 12.5. The third kappa shape index (κ3) is 4.37. The maximum Gasteiger partial charge on any atom is 0.283 e. The van der Waals surface area contributed by atoms with Gasteiger partial charge in [0.05, 0.1) is 18.6 Å². The molecular formula is C24H27ClN4O3S. The number of amides is 1. The van der Waals surface area contributed by atoms with Crippen LogP contribution in [0.15, 0.2) is 60.0 Å². The van der Waals surface area contributed by atoms with Gasteiger partial charge in [0.25, 0.3) is 15.9 Å². The Morgan fingerprint density at radius 2 is 1.85 bits per heavy atom. The van der Waals surface area contributed by atoms with Crippen molar-refractivity contribution < 1.29 is 13.2 Å². The van der Waals surface area contributed by atoms with E-state index in [1.54, 1.807) is 52.9 Å². The molecule has 0 radical (unpaired) electrons. The second kappa shape index (κ2) is 8.50. The number of benzene rings is 2. The molecule has 0 unspecified atom stereocenters. The van der Waals surface area contributed by atoms with Crippen molar-refractivity contribution >= 4 is 33.2 Å². The molecule has 2 aromatic carbocycles. The topological polar surface area (TPSA) is 75.5 Å². The summed E-state index contributed by atoms with van der Waals surface area (Å²) in [5.74, 6) is -0.0876. The van der Waals surface area contributed by atoms with E-state index in [0.717, 1.165) is 11.1 Å². The molecule has 0 N–H and O–H groups in total. The van der Waals surface area contributed by atoms with Crippen LogP contribution in [0.2, 0.25) is 5.02 Å². The monoisotopic (exact) mass is 486 g/mol. The number of hydrogen-bond donors (Lipinski definition) is 0. The lowest BCUT2D eigenvalue weighted by molar-refractivity contribution is 0.0699. The van der Waals surface area contributed by atoms with Crippen LogP contribution in [0.25, 0.3) is 0 Å². The number of halogens is 1. The number of rotatable bonds is 6. The van der Waals surface area contributed by atoms with E-state index < -0.39 is 10.0 Å². The SMILES string of the molecule is CCN1CC(C)(C)c2ccc(N(Cc3ccc(Cl)cc3)S(=O)(=O)c3cn(C)cn3)cc2C1=O. The summed E-state index contributed by atoms with van der Waals surface area (Å²) in [4.78, 5) is 19.0. The van der Waals surface area contributed by atoms with E-state index in [1.165, 1.54) is 16.8 Å². The summed E-state index contributed by atoms with van der Waals surface area (Å²) in [5, 5.41) is 0.512. The van der Waals surface area contributed by atoms with Crippen molar-refractivity contribution in [1.82, 2.24) is 14.5 Å². The largest absolute Gasteiger partial charge is 0.339 e. The number of aromatic nitrogens is 2. The maximum absolute atomic E-state index is 13.6. The van der Waals surface area contributed by atoms with Crippen LogP contribution < -0.4 is 4.31 Å². The van der Waals surface area contributed by atoms with Gasteiger partial charge in [0, 0.05) is 42.3 Å². The van der Waals surface area contributed by atoms with Gasteiger partial charge in [0.2, 0.25) is 0 Å². The van der Waals surface area contributed by atoms with Gasteiger partial charge in [-0.2, -0.15) is 8.42 Å². The molecular weight excluding hydrogens is 460 g/mol. The van der Waals surface area contributed by atoms with E-state index in [1.807, 2.05) is 13.0 Å². The van der Waals surface area contributed by atoms with Crippen LogP contribution in [0.1, 0.15) is 42.3 Å². The van der Waals surface area contributed by atoms with E-state index >= 15 is 0 Å². The Morgan fingerprint density at radius 1 is 1.15 bits per heavy atom. The first kappa shape index (κ1) is 23.3. The lowest BCUT2D eigenvalue weighted by Crippen LogP contribution is -2.46. The molecule has 9 heteroatoms. The molecule has 1 aromatic heterocycles. The molecule has 3 aromatic rings. The number of carbonyl (C=O) groups excluding carboxylic acids is 1. The van der Waals surface area contributed by atoms with E-state index in [0.29, 0.717) is 29.4 Å². The van der Waals surface area contributed by atoms with Gasteiger partial charge in [-0.15, -0.1) is 0 Å². The Morgan fingerprint density at radius 3 is 2.45 bits per heavy atom. The normalized spacial score (nSPS) is 15.4. The predicted octanol–water partition coefficient (Wildman–Crippen LogP) is 4.22. The van der Waals surface area contributed by atoms with Gasteiger partial charge in [0.15, 0.2) is 5.03 Å². The van der Waals surface area contributed by atoms with E-state index in [4.69, 9.17) is 11.6 Å². The maximum atomic E-state index is 13.6. The average molecular weight is 487 g/mol. The first-order chi connectivity index (χ1) is 15.5. The molecule has 0 aliphatic carbocycles. The third-order valence-corrected chi connectivity index (χ3v) is 7.89. The Bertz CT molecular complexity index is 1300. The molecule has 1 aliphatic heterocycles. The highest BCUT2D eigenvalue weighted by Gasteiger charge is 2.37. The van der Waals surface area contributed by atoms with Crippen molar-refractivity contribution in [3.63, 3.8) is 0 Å². The summed E-state index contributed by atoms with van der Waals surface area (Å²) in [6.07, 6.45) is 2.92. The highest BCUT2D eigenvalue weighted by Crippen LogP contribution is 2.36. The smallest absolute Gasteiger partial charge is 0.283 e. The van der Waals surface area contributed by atoms with Crippen LogP contribution in [0, 0.1) is 0 Å². The van der Waals surface area contributed by atoms with Crippen LogP contribution in [-0.2, 0) is 29.0 Å². The summed E-state index contributed by atoms with van der Waals surface area (Å²) >= 11 is 6.02. The van der Waals surface area contributed by atoms with E-state index in [9.17, 15) is 13.2 Å². The summed E-state index contributed by atoms with van der Waals surface area (Å²) < 4.78 is 30.2. The van der Waals surface area contributed by atoms with Gasteiger partial charge in [-0.05, 0) is 42.3 Å². The molecule has 7 nitrogen and oxygen atoms in total.